The molecule has 0 aliphatic carbocycles. The minimum Gasteiger partial charge on any atom is -0.354 e. The molecule has 0 fully saturated rings. The predicted molar refractivity (Wildman–Crippen MR) is 55.1 cm³/mol. The molecule has 1 amide bonds. The van der Waals surface area contributed by atoms with E-state index in [1.165, 1.54) is 0 Å². The van der Waals surface area contributed by atoms with Crippen LogP contribution in [0.1, 0.15) is 33.1 Å². The highest BCUT2D eigenvalue weighted by molar-refractivity contribution is 7.46. The Kier molecular flexibility index (Phi) is 6.76. The lowest BCUT2D eigenvalue weighted by Crippen LogP contribution is -2.31. The van der Waals surface area contributed by atoms with E-state index in [2.05, 4.69) is 9.84 Å². The molecule has 0 aliphatic heterocycles. The summed E-state index contributed by atoms with van der Waals surface area (Å²) in [7, 11) is -4.39. The van der Waals surface area contributed by atoms with Crippen molar-refractivity contribution in [2.24, 2.45) is 0 Å². The van der Waals surface area contributed by atoms with E-state index in [-0.39, 0.29) is 25.0 Å². The molecule has 0 bridgehead atoms. The van der Waals surface area contributed by atoms with Crippen LogP contribution in [0.2, 0.25) is 0 Å². The van der Waals surface area contributed by atoms with Crippen molar-refractivity contribution in [1.82, 2.24) is 5.32 Å². The highest BCUT2D eigenvalue weighted by atomic mass is 31.2. The Bertz CT molecular complexity index is 239. The van der Waals surface area contributed by atoms with Gasteiger partial charge in [0.2, 0.25) is 5.91 Å². The second-order valence-electron chi connectivity index (χ2n) is 3.30. The van der Waals surface area contributed by atoms with Crippen molar-refractivity contribution in [3.05, 3.63) is 0 Å². The zero-order chi connectivity index (χ0) is 11.9. The van der Waals surface area contributed by atoms with Gasteiger partial charge in [0.1, 0.15) is 0 Å². The lowest BCUT2D eigenvalue weighted by atomic mass is 10.2. The second-order valence-corrected chi connectivity index (χ2v) is 4.54. The van der Waals surface area contributed by atoms with Crippen LogP contribution >= 0.6 is 7.82 Å². The van der Waals surface area contributed by atoms with Crippen LogP contribution in [-0.4, -0.2) is 28.3 Å². The molecule has 0 radical (unpaired) electrons. The van der Waals surface area contributed by atoms with Crippen molar-refractivity contribution in [2.45, 2.75) is 39.2 Å². The first-order chi connectivity index (χ1) is 6.85. The Labute approximate surface area is 89.3 Å². The number of carbonyl (C=O) groups is 1. The maximum Gasteiger partial charge on any atom is 0.469 e. The average molecular weight is 239 g/mol. The van der Waals surface area contributed by atoms with Gasteiger partial charge in [0.15, 0.2) is 0 Å². The first-order valence-electron chi connectivity index (χ1n) is 4.84. The minimum absolute atomic E-state index is 0.113. The Balaban J connectivity index is 3.52. The van der Waals surface area contributed by atoms with Crippen molar-refractivity contribution in [1.29, 1.82) is 0 Å². The van der Waals surface area contributed by atoms with E-state index in [1.807, 2.05) is 13.8 Å². The molecule has 0 heterocycles. The average Bonchev–Trinajstić information content (AvgIpc) is 2.11. The van der Waals surface area contributed by atoms with Crippen molar-refractivity contribution in [3.8, 4) is 0 Å². The largest absolute Gasteiger partial charge is 0.469 e. The van der Waals surface area contributed by atoms with Crippen LogP contribution in [0.25, 0.3) is 0 Å². The molecule has 0 rings (SSSR count). The summed E-state index contributed by atoms with van der Waals surface area (Å²) >= 11 is 0. The summed E-state index contributed by atoms with van der Waals surface area (Å²) < 4.78 is 14.5. The fourth-order valence-corrected chi connectivity index (χ4v) is 1.23. The van der Waals surface area contributed by atoms with Gasteiger partial charge in [-0.1, -0.05) is 6.92 Å². The Morgan fingerprint density at radius 1 is 1.53 bits per heavy atom. The topological polar surface area (TPSA) is 95.9 Å². The van der Waals surface area contributed by atoms with E-state index in [9.17, 15) is 9.36 Å². The smallest absolute Gasteiger partial charge is 0.354 e. The van der Waals surface area contributed by atoms with Gasteiger partial charge in [-0.15, -0.1) is 0 Å². The van der Waals surface area contributed by atoms with E-state index in [4.69, 9.17) is 9.79 Å². The molecular weight excluding hydrogens is 221 g/mol. The van der Waals surface area contributed by atoms with Crippen molar-refractivity contribution in [3.63, 3.8) is 0 Å². The lowest BCUT2D eigenvalue weighted by molar-refractivity contribution is -0.121. The summed E-state index contributed by atoms with van der Waals surface area (Å²) in [6.07, 6.45) is 1.36. The summed E-state index contributed by atoms with van der Waals surface area (Å²) in [5, 5.41) is 2.74. The Hall–Kier alpha value is -0.420. The molecule has 0 aromatic heterocycles. The van der Waals surface area contributed by atoms with Gasteiger partial charge in [0.05, 0.1) is 6.61 Å². The molecule has 90 valence electrons. The number of rotatable bonds is 7. The molecule has 0 saturated heterocycles. The first kappa shape index (κ1) is 14.6. The van der Waals surface area contributed by atoms with Crippen molar-refractivity contribution < 1.29 is 23.7 Å². The molecule has 7 heteroatoms. The molecule has 1 atom stereocenters. The Morgan fingerprint density at radius 3 is 2.60 bits per heavy atom. The normalized spacial score (nSPS) is 13.6. The van der Waals surface area contributed by atoms with Crippen LogP contribution in [0, 0.1) is 0 Å². The summed E-state index contributed by atoms with van der Waals surface area (Å²) in [6.45, 7) is 3.74. The fraction of sp³-hybridized carbons (Fsp3) is 0.875. The minimum atomic E-state index is -4.39. The SMILES string of the molecule is CCC(C)NC(=O)CCCOP(=O)(O)O. The highest BCUT2D eigenvalue weighted by Crippen LogP contribution is 2.35. The van der Waals surface area contributed by atoms with E-state index in [0.717, 1.165) is 6.42 Å². The summed E-state index contributed by atoms with van der Waals surface area (Å²) in [4.78, 5) is 27.9. The molecule has 0 aromatic carbocycles. The van der Waals surface area contributed by atoms with Gasteiger partial charge in [-0.25, -0.2) is 4.57 Å². The van der Waals surface area contributed by atoms with E-state index in [0.29, 0.717) is 6.42 Å². The third-order valence-corrected chi connectivity index (χ3v) is 2.35. The Morgan fingerprint density at radius 2 is 2.13 bits per heavy atom. The van der Waals surface area contributed by atoms with Gasteiger partial charge in [-0.2, -0.15) is 0 Å². The number of hydrogen-bond acceptors (Lipinski definition) is 3. The van der Waals surface area contributed by atoms with Gasteiger partial charge in [-0.3, -0.25) is 9.32 Å². The number of hydrogen-bond donors (Lipinski definition) is 3. The number of nitrogens with one attached hydrogen (secondary N) is 1. The molecule has 0 aliphatic rings. The van der Waals surface area contributed by atoms with Crippen LogP contribution < -0.4 is 5.32 Å². The van der Waals surface area contributed by atoms with Gasteiger partial charge in [0, 0.05) is 12.5 Å². The van der Waals surface area contributed by atoms with Crippen LogP contribution in [0.4, 0.5) is 0 Å². The number of carbonyl (C=O) groups excluding carboxylic acids is 1. The highest BCUT2D eigenvalue weighted by Gasteiger charge is 2.13. The standard InChI is InChI=1S/C8H18NO5P/c1-3-7(2)9-8(10)5-4-6-14-15(11,12)13/h7H,3-6H2,1-2H3,(H,9,10)(H2,11,12,13). The van der Waals surface area contributed by atoms with Gasteiger partial charge >= 0.3 is 7.82 Å². The third kappa shape index (κ3) is 9.87. The summed E-state index contributed by atoms with van der Waals surface area (Å²) in [6, 6.07) is 0.125. The summed E-state index contributed by atoms with van der Waals surface area (Å²) in [5.74, 6) is -0.126. The van der Waals surface area contributed by atoms with Gasteiger partial charge in [0.25, 0.3) is 0 Å². The van der Waals surface area contributed by atoms with Crippen molar-refractivity contribution >= 4 is 13.7 Å². The maximum atomic E-state index is 11.2. The van der Waals surface area contributed by atoms with Crippen LogP contribution in [0.3, 0.4) is 0 Å². The quantitative estimate of drug-likeness (QED) is 0.451. The van der Waals surface area contributed by atoms with Gasteiger partial charge in [-0.05, 0) is 19.8 Å². The van der Waals surface area contributed by atoms with E-state index < -0.39 is 7.82 Å². The molecule has 3 N–H and O–H groups in total. The molecule has 0 spiro atoms. The molecule has 15 heavy (non-hydrogen) atoms. The predicted octanol–water partition coefficient (Wildman–Crippen LogP) is 0.791. The molecule has 0 saturated carbocycles. The zero-order valence-corrected chi connectivity index (χ0v) is 9.87. The fourth-order valence-electron chi connectivity index (χ4n) is 0.865. The van der Waals surface area contributed by atoms with E-state index >= 15 is 0 Å². The van der Waals surface area contributed by atoms with E-state index in [1.54, 1.807) is 0 Å². The van der Waals surface area contributed by atoms with Crippen LogP contribution in [0.5, 0.6) is 0 Å². The summed E-state index contributed by atoms with van der Waals surface area (Å²) in [5.41, 5.74) is 0. The maximum absolute atomic E-state index is 11.2. The number of phosphoric acid groups is 1. The van der Waals surface area contributed by atoms with Crippen LogP contribution in [-0.2, 0) is 13.9 Å². The monoisotopic (exact) mass is 239 g/mol. The van der Waals surface area contributed by atoms with Crippen molar-refractivity contribution in [2.75, 3.05) is 6.61 Å². The molecule has 6 nitrogen and oxygen atoms in total. The molecule has 1 unspecified atom stereocenters. The third-order valence-electron chi connectivity index (χ3n) is 1.83. The number of phosphoric ester groups is 1. The van der Waals surface area contributed by atoms with Crippen LogP contribution in [0.15, 0.2) is 0 Å². The first-order valence-corrected chi connectivity index (χ1v) is 6.37. The molecular formula is C8H18NO5P. The lowest BCUT2D eigenvalue weighted by Gasteiger charge is -2.11. The zero-order valence-electron chi connectivity index (χ0n) is 8.97. The second kappa shape index (κ2) is 6.95. The molecule has 0 aromatic rings. The number of amides is 1. The van der Waals surface area contributed by atoms with Gasteiger partial charge < -0.3 is 15.1 Å².